The van der Waals surface area contributed by atoms with Crippen LogP contribution >= 0.6 is 0 Å². The molecule has 2 aromatic rings. The highest BCUT2D eigenvalue weighted by Gasteiger charge is 2.06. The van der Waals surface area contributed by atoms with Crippen molar-refractivity contribution in [1.29, 1.82) is 0 Å². The minimum Gasteiger partial charge on any atom is -0.481 e. The highest BCUT2D eigenvalue weighted by atomic mass is 16.4. The second-order valence-corrected chi connectivity index (χ2v) is 2.84. The highest BCUT2D eigenvalue weighted by molar-refractivity contribution is 5.71. The lowest BCUT2D eigenvalue weighted by atomic mass is 10.3. The topological polar surface area (TPSA) is 76.2 Å². The first-order valence-electron chi connectivity index (χ1n) is 4.17. The fourth-order valence-electron chi connectivity index (χ4n) is 1.15. The van der Waals surface area contributed by atoms with Crippen LogP contribution < -0.4 is 0 Å². The van der Waals surface area contributed by atoms with E-state index in [2.05, 4.69) is 9.97 Å². The third kappa shape index (κ3) is 1.71. The molecule has 0 fully saturated rings. The number of pyridine rings is 1. The third-order valence-corrected chi connectivity index (χ3v) is 1.79. The van der Waals surface area contributed by atoms with Crippen molar-refractivity contribution in [1.82, 2.24) is 9.97 Å². The van der Waals surface area contributed by atoms with Gasteiger partial charge in [-0.1, -0.05) is 0 Å². The molecule has 2 aromatic heterocycles. The van der Waals surface area contributed by atoms with Crippen molar-refractivity contribution in [3.8, 4) is 0 Å². The van der Waals surface area contributed by atoms with Gasteiger partial charge in [-0.3, -0.25) is 9.78 Å². The molecule has 0 spiro atoms. The summed E-state index contributed by atoms with van der Waals surface area (Å²) >= 11 is 0. The fourth-order valence-corrected chi connectivity index (χ4v) is 1.15. The zero-order chi connectivity index (χ0) is 9.97. The maximum Gasteiger partial charge on any atom is 0.303 e. The number of carbonyl (C=O) groups is 1. The Bertz CT molecular complexity index is 431. The van der Waals surface area contributed by atoms with Crippen LogP contribution in [0.4, 0.5) is 0 Å². The van der Waals surface area contributed by atoms with Crippen molar-refractivity contribution in [2.75, 3.05) is 0 Å². The lowest BCUT2D eigenvalue weighted by molar-refractivity contribution is -0.137. The molecule has 72 valence electrons. The summed E-state index contributed by atoms with van der Waals surface area (Å²) < 4.78 is 5.30. The Hall–Kier alpha value is -1.91. The molecule has 0 aliphatic rings. The van der Waals surface area contributed by atoms with Gasteiger partial charge in [0.15, 0.2) is 11.5 Å². The van der Waals surface area contributed by atoms with Crippen LogP contribution in [0.1, 0.15) is 12.3 Å². The van der Waals surface area contributed by atoms with Gasteiger partial charge in [-0.15, -0.1) is 0 Å². The quantitative estimate of drug-likeness (QED) is 0.791. The van der Waals surface area contributed by atoms with E-state index in [-0.39, 0.29) is 6.42 Å². The molecule has 5 heteroatoms. The van der Waals surface area contributed by atoms with E-state index in [0.29, 0.717) is 23.4 Å². The van der Waals surface area contributed by atoms with Gasteiger partial charge in [0, 0.05) is 18.7 Å². The van der Waals surface area contributed by atoms with Crippen LogP contribution in [-0.2, 0) is 11.2 Å². The van der Waals surface area contributed by atoms with E-state index in [0.717, 1.165) is 0 Å². The second kappa shape index (κ2) is 3.45. The Morgan fingerprint density at radius 1 is 1.57 bits per heavy atom. The first-order valence-corrected chi connectivity index (χ1v) is 4.17. The van der Waals surface area contributed by atoms with Gasteiger partial charge in [0.2, 0.25) is 0 Å². The SMILES string of the molecule is O=C(O)CCc1nc2cnccc2o1. The van der Waals surface area contributed by atoms with Crippen molar-refractivity contribution >= 4 is 17.1 Å². The first-order chi connectivity index (χ1) is 6.75. The lowest BCUT2D eigenvalue weighted by Crippen LogP contribution is -1.97. The van der Waals surface area contributed by atoms with E-state index in [9.17, 15) is 4.79 Å². The normalized spacial score (nSPS) is 10.6. The Morgan fingerprint density at radius 2 is 2.43 bits per heavy atom. The maximum absolute atomic E-state index is 10.3. The number of carboxylic acid groups (broad SMARTS) is 1. The van der Waals surface area contributed by atoms with Crippen LogP contribution in [0, 0.1) is 0 Å². The molecule has 0 unspecified atom stereocenters. The Balaban J connectivity index is 2.22. The predicted molar refractivity (Wildman–Crippen MR) is 47.8 cm³/mol. The second-order valence-electron chi connectivity index (χ2n) is 2.84. The van der Waals surface area contributed by atoms with Gasteiger partial charge in [0.25, 0.3) is 0 Å². The van der Waals surface area contributed by atoms with Crippen molar-refractivity contribution < 1.29 is 14.3 Å². The van der Waals surface area contributed by atoms with Gasteiger partial charge in [-0.25, -0.2) is 4.98 Å². The molecule has 0 radical (unpaired) electrons. The minimum atomic E-state index is -0.856. The summed E-state index contributed by atoms with van der Waals surface area (Å²) in [7, 11) is 0. The van der Waals surface area contributed by atoms with Crippen LogP contribution in [0.5, 0.6) is 0 Å². The summed E-state index contributed by atoms with van der Waals surface area (Å²) in [6.07, 6.45) is 3.53. The molecule has 5 nitrogen and oxygen atoms in total. The molecule has 1 N–H and O–H groups in total. The smallest absolute Gasteiger partial charge is 0.303 e. The molecule has 0 aliphatic carbocycles. The molecule has 0 amide bonds. The molecule has 2 rings (SSSR count). The van der Waals surface area contributed by atoms with E-state index in [1.54, 1.807) is 18.5 Å². The van der Waals surface area contributed by atoms with Gasteiger partial charge in [-0.2, -0.15) is 0 Å². The van der Waals surface area contributed by atoms with Crippen LogP contribution in [0.2, 0.25) is 0 Å². The molecule has 0 aromatic carbocycles. The number of aromatic nitrogens is 2. The Morgan fingerprint density at radius 3 is 3.14 bits per heavy atom. The average molecular weight is 192 g/mol. The monoisotopic (exact) mass is 192 g/mol. The van der Waals surface area contributed by atoms with Crippen LogP contribution in [0.25, 0.3) is 11.1 Å². The van der Waals surface area contributed by atoms with Crippen LogP contribution in [0.3, 0.4) is 0 Å². The van der Waals surface area contributed by atoms with Gasteiger partial charge >= 0.3 is 5.97 Å². The number of carboxylic acids is 1. The summed E-state index contributed by atoms with van der Waals surface area (Å²) in [5.74, 6) is -0.416. The molecule has 0 atom stereocenters. The molecular formula is C9H8N2O3. The summed E-state index contributed by atoms with van der Waals surface area (Å²) in [6.45, 7) is 0. The van der Waals surface area contributed by atoms with Gasteiger partial charge < -0.3 is 9.52 Å². The number of hydrogen-bond acceptors (Lipinski definition) is 4. The third-order valence-electron chi connectivity index (χ3n) is 1.79. The largest absolute Gasteiger partial charge is 0.481 e. The number of hydrogen-bond donors (Lipinski definition) is 1. The average Bonchev–Trinajstić information content (AvgIpc) is 2.57. The number of aliphatic carboxylic acids is 1. The standard InChI is InChI=1S/C9H8N2O3/c12-9(13)2-1-8-11-6-5-10-4-3-7(6)14-8/h3-5H,1-2H2,(H,12,13). The number of rotatable bonds is 3. The van der Waals surface area contributed by atoms with Crippen LogP contribution in [0.15, 0.2) is 22.9 Å². The van der Waals surface area contributed by atoms with E-state index in [1.807, 2.05) is 0 Å². The molecule has 0 saturated carbocycles. The van der Waals surface area contributed by atoms with E-state index in [4.69, 9.17) is 9.52 Å². The highest BCUT2D eigenvalue weighted by Crippen LogP contribution is 2.14. The number of fused-ring (bicyclic) bond motifs is 1. The first kappa shape index (κ1) is 8.68. The van der Waals surface area contributed by atoms with Gasteiger partial charge in [0.1, 0.15) is 5.52 Å². The van der Waals surface area contributed by atoms with Crippen molar-refractivity contribution in [3.63, 3.8) is 0 Å². The molecule has 14 heavy (non-hydrogen) atoms. The number of aryl methyl sites for hydroxylation is 1. The van der Waals surface area contributed by atoms with Crippen LogP contribution in [-0.4, -0.2) is 21.0 Å². The van der Waals surface area contributed by atoms with E-state index < -0.39 is 5.97 Å². The van der Waals surface area contributed by atoms with E-state index in [1.165, 1.54) is 0 Å². The Kier molecular flexibility index (Phi) is 2.14. The molecule has 0 bridgehead atoms. The van der Waals surface area contributed by atoms with Crippen molar-refractivity contribution in [2.24, 2.45) is 0 Å². The lowest BCUT2D eigenvalue weighted by Gasteiger charge is -1.88. The van der Waals surface area contributed by atoms with Crippen molar-refractivity contribution in [2.45, 2.75) is 12.8 Å². The summed E-state index contributed by atoms with van der Waals surface area (Å²) in [5.41, 5.74) is 1.30. The fraction of sp³-hybridized carbons (Fsp3) is 0.222. The van der Waals surface area contributed by atoms with Gasteiger partial charge in [0.05, 0.1) is 12.6 Å². The van der Waals surface area contributed by atoms with Gasteiger partial charge in [-0.05, 0) is 0 Å². The van der Waals surface area contributed by atoms with Crippen molar-refractivity contribution in [3.05, 3.63) is 24.4 Å². The zero-order valence-electron chi connectivity index (χ0n) is 7.30. The van der Waals surface area contributed by atoms with E-state index >= 15 is 0 Å². The zero-order valence-corrected chi connectivity index (χ0v) is 7.30. The minimum absolute atomic E-state index is 0.0280. The molecule has 0 saturated heterocycles. The maximum atomic E-state index is 10.3. The number of oxazole rings is 1. The molecule has 2 heterocycles. The summed E-state index contributed by atoms with van der Waals surface area (Å²) in [5, 5.41) is 8.47. The summed E-state index contributed by atoms with van der Waals surface area (Å²) in [4.78, 5) is 18.3. The number of nitrogens with zero attached hydrogens (tertiary/aromatic N) is 2. The molecule has 0 aliphatic heterocycles. The molecular weight excluding hydrogens is 184 g/mol. The Labute approximate surface area is 79.4 Å². The summed E-state index contributed by atoms with van der Waals surface area (Å²) in [6, 6.07) is 1.70. The predicted octanol–water partition coefficient (Wildman–Crippen LogP) is 1.24.